The maximum Gasteiger partial charge on any atom is 0.407 e. The fraction of sp³-hybridized carbons (Fsp3) is 0.348. The Balaban J connectivity index is 1.58. The molecule has 1 unspecified atom stereocenters. The molecule has 0 spiro atoms. The Labute approximate surface area is 188 Å². The molecule has 2 aromatic carbocycles. The summed E-state index contributed by atoms with van der Waals surface area (Å²) in [5.74, 6) is -7.73. The lowest BCUT2D eigenvalue weighted by atomic mass is 9.98. The van der Waals surface area contributed by atoms with Crippen molar-refractivity contribution in [1.29, 1.82) is 0 Å². The number of nitrogens with one attached hydrogen (secondary N) is 2. The number of aliphatic carboxylic acids is 1. The van der Waals surface area contributed by atoms with E-state index in [0.717, 1.165) is 29.2 Å². The Hall–Kier alpha value is -3.53. The van der Waals surface area contributed by atoms with E-state index in [4.69, 9.17) is 4.74 Å². The zero-order valence-corrected chi connectivity index (χ0v) is 18.1. The van der Waals surface area contributed by atoms with E-state index in [2.05, 4.69) is 4.74 Å². The number of amides is 2. The summed E-state index contributed by atoms with van der Waals surface area (Å²) in [5, 5.41) is 12.8. The molecule has 1 aliphatic carbocycles. The predicted molar refractivity (Wildman–Crippen MR) is 114 cm³/mol. The Bertz CT molecular complexity index is 1020. The van der Waals surface area contributed by atoms with Crippen LogP contribution in [0.25, 0.3) is 11.1 Å². The number of fused-ring (bicyclic) bond motifs is 3. The van der Waals surface area contributed by atoms with Crippen LogP contribution in [0.3, 0.4) is 0 Å². The normalized spacial score (nSPS) is 14.5. The number of carboxylic acid groups (broad SMARTS) is 1. The van der Waals surface area contributed by atoms with Crippen LogP contribution in [0.15, 0.2) is 48.5 Å². The van der Waals surface area contributed by atoms with Crippen molar-refractivity contribution >= 4 is 18.0 Å². The predicted octanol–water partition coefficient (Wildman–Crippen LogP) is 2.77. The van der Waals surface area contributed by atoms with Gasteiger partial charge < -0.3 is 25.2 Å². The summed E-state index contributed by atoms with van der Waals surface area (Å²) in [6, 6.07) is 15.3. The summed E-state index contributed by atoms with van der Waals surface area (Å²) in [6.45, 7) is -0.934. The largest absolute Gasteiger partial charge is 0.479 e. The van der Waals surface area contributed by atoms with Gasteiger partial charge in [-0.2, -0.15) is 8.78 Å². The first kappa shape index (κ1) is 24.1. The molecular formula is C23H24F2N2O6. The fourth-order valence-electron chi connectivity index (χ4n) is 3.69. The molecule has 3 N–H and O–H groups in total. The summed E-state index contributed by atoms with van der Waals surface area (Å²) in [5.41, 5.74) is 1.90. The average molecular weight is 462 g/mol. The minimum atomic E-state index is -4.07. The molecule has 10 heteroatoms. The van der Waals surface area contributed by atoms with Crippen LogP contribution in [0.1, 0.15) is 24.0 Å². The number of benzene rings is 2. The van der Waals surface area contributed by atoms with Crippen molar-refractivity contribution in [2.45, 2.75) is 24.3 Å². The van der Waals surface area contributed by atoms with Gasteiger partial charge in [-0.3, -0.25) is 4.79 Å². The van der Waals surface area contributed by atoms with E-state index in [1.54, 1.807) is 5.32 Å². The van der Waals surface area contributed by atoms with Crippen molar-refractivity contribution in [2.24, 2.45) is 0 Å². The smallest absolute Gasteiger partial charge is 0.407 e. The lowest BCUT2D eigenvalue weighted by Gasteiger charge is -2.27. The fourth-order valence-corrected chi connectivity index (χ4v) is 3.69. The van der Waals surface area contributed by atoms with Crippen LogP contribution >= 0.6 is 0 Å². The second kappa shape index (κ2) is 9.53. The number of methoxy groups -OCH3 is 1. The molecule has 0 fully saturated rings. The maximum absolute atomic E-state index is 14.2. The number of alkyl halides is 2. The summed E-state index contributed by atoms with van der Waals surface area (Å²) in [7, 11) is 1.17. The molecule has 1 atom stereocenters. The number of carbonyl (C=O) groups excluding carboxylic acids is 2. The first-order valence-electron chi connectivity index (χ1n) is 10.1. The summed E-state index contributed by atoms with van der Waals surface area (Å²) >= 11 is 0. The average Bonchev–Trinajstić information content (AvgIpc) is 3.10. The summed E-state index contributed by atoms with van der Waals surface area (Å²) < 4.78 is 38.3. The number of carbonyl (C=O) groups is 3. The lowest BCUT2D eigenvalue weighted by molar-refractivity contribution is -0.156. The summed E-state index contributed by atoms with van der Waals surface area (Å²) in [4.78, 5) is 35.3. The zero-order chi connectivity index (χ0) is 24.2. The summed E-state index contributed by atoms with van der Waals surface area (Å²) in [6.07, 6.45) is -1.12. The highest BCUT2D eigenvalue weighted by atomic mass is 19.3. The topological polar surface area (TPSA) is 114 Å². The van der Waals surface area contributed by atoms with Gasteiger partial charge >= 0.3 is 18.0 Å². The molecular weight excluding hydrogens is 438 g/mol. The maximum atomic E-state index is 14.2. The van der Waals surface area contributed by atoms with Gasteiger partial charge in [0.15, 0.2) is 5.54 Å². The van der Waals surface area contributed by atoms with Crippen LogP contribution in [0.5, 0.6) is 0 Å². The molecule has 0 aromatic heterocycles. The van der Waals surface area contributed by atoms with Crippen molar-refractivity contribution in [3.05, 3.63) is 59.7 Å². The molecule has 176 valence electrons. The highest BCUT2D eigenvalue weighted by Crippen LogP contribution is 2.44. The molecule has 33 heavy (non-hydrogen) atoms. The quantitative estimate of drug-likeness (QED) is 0.528. The first-order valence-corrected chi connectivity index (χ1v) is 10.1. The number of halogens is 2. The van der Waals surface area contributed by atoms with Crippen molar-refractivity contribution in [3.63, 3.8) is 0 Å². The standard InChI is InChI=1S/C23H24F2N2O6/c1-22(13-32-2,20(29)30)27-19(28)23(24,25)12-26-21(31)33-11-18-16-9-5-3-7-14(16)15-8-4-6-10-17(15)18/h3-10,18H,11-13H2,1-2H3,(H,26,31)(H,27,28)(H,29,30). The van der Waals surface area contributed by atoms with Crippen LogP contribution in [-0.4, -0.2) is 61.4 Å². The van der Waals surface area contributed by atoms with Gasteiger partial charge in [-0.1, -0.05) is 48.5 Å². The molecule has 0 heterocycles. The molecule has 2 amide bonds. The SMILES string of the molecule is COCC(C)(NC(=O)C(F)(F)CNC(=O)OCC1c2ccccc2-c2ccccc21)C(=O)O. The number of alkyl carbamates (subject to hydrolysis) is 1. The minimum absolute atomic E-state index is 0.0808. The van der Waals surface area contributed by atoms with E-state index in [1.807, 2.05) is 53.8 Å². The third-order valence-corrected chi connectivity index (χ3v) is 5.43. The molecule has 1 aliphatic rings. The first-order chi connectivity index (χ1) is 15.6. The highest BCUT2D eigenvalue weighted by molar-refractivity contribution is 5.90. The van der Waals surface area contributed by atoms with Crippen molar-refractivity contribution in [1.82, 2.24) is 10.6 Å². The molecule has 0 saturated carbocycles. The van der Waals surface area contributed by atoms with Crippen molar-refractivity contribution in [2.75, 3.05) is 26.9 Å². The molecule has 0 radical (unpaired) electrons. The Morgan fingerprint density at radius 2 is 1.58 bits per heavy atom. The van der Waals surface area contributed by atoms with Gasteiger partial charge in [0.2, 0.25) is 0 Å². The van der Waals surface area contributed by atoms with Crippen LogP contribution in [0.2, 0.25) is 0 Å². The second-order valence-corrected chi connectivity index (χ2v) is 7.91. The molecule has 8 nitrogen and oxygen atoms in total. The van der Waals surface area contributed by atoms with Crippen LogP contribution in [0.4, 0.5) is 13.6 Å². The third-order valence-electron chi connectivity index (χ3n) is 5.43. The Kier molecular flexibility index (Phi) is 6.97. The van der Waals surface area contributed by atoms with Crippen LogP contribution in [-0.2, 0) is 19.1 Å². The zero-order valence-electron chi connectivity index (χ0n) is 18.1. The molecule has 0 aliphatic heterocycles. The van der Waals surface area contributed by atoms with E-state index < -0.39 is 42.6 Å². The Morgan fingerprint density at radius 1 is 1.03 bits per heavy atom. The van der Waals surface area contributed by atoms with Gasteiger partial charge in [0.1, 0.15) is 6.61 Å². The van der Waals surface area contributed by atoms with Gasteiger partial charge in [-0.25, -0.2) is 9.59 Å². The molecule has 0 saturated heterocycles. The van der Waals surface area contributed by atoms with Gasteiger partial charge in [-0.15, -0.1) is 0 Å². The second-order valence-electron chi connectivity index (χ2n) is 7.91. The van der Waals surface area contributed by atoms with Gasteiger partial charge in [0, 0.05) is 13.0 Å². The van der Waals surface area contributed by atoms with E-state index in [0.29, 0.717) is 0 Å². The molecule has 2 aromatic rings. The van der Waals surface area contributed by atoms with E-state index >= 15 is 0 Å². The van der Waals surface area contributed by atoms with E-state index in [9.17, 15) is 28.3 Å². The number of ether oxygens (including phenoxy) is 2. The number of hydrogen-bond acceptors (Lipinski definition) is 5. The molecule has 0 bridgehead atoms. The third kappa shape index (κ3) is 5.11. The monoisotopic (exact) mass is 462 g/mol. The lowest BCUT2D eigenvalue weighted by Crippen LogP contribution is -2.60. The van der Waals surface area contributed by atoms with E-state index in [-0.39, 0.29) is 12.5 Å². The van der Waals surface area contributed by atoms with Crippen LogP contribution < -0.4 is 10.6 Å². The van der Waals surface area contributed by atoms with Gasteiger partial charge in [-0.05, 0) is 29.2 Å². The van der Waals surface area contributed by atoms with Crippen LogP contribution in [0, 0.1) is 0 Å². The van der Waals surface area contributed by atoms with Crippen molar-refractivity contribution < 1.29 is 37.7 Å². The molecule has 3 rings (SSSR count). The van der Waals surface area contributed by atoms with Gasteiger partial charge in [0.25, 0.3) is 5.91 Å². The van der Waals surface area contributed by atoms with Crippen molar-refractivity contribution in [3.8, 4) is 11.1 Å². The minimum Gasteiger partial charge on any atom is -0.479 e. The van der Waals surface area contributed by atoms with Gasteiger partial charge in [0.05, 0.1) is 13.2 Å². The number of hydrogen-bond donors (Lipinski definition) is 3. The van der Waals surface area contributed by atoms with E-state index in [1.165, 1.54) is 7.11 Å². The Morgan fingerprint density at radius 3 is 2.09 bits per heavy atom. The number of carboxylic acids is 1. The highest BCUT2D eigenvalue weighted by Gasteiger charge is 2.45. The number of rotatable bonds is 9.